The van der Waals surface area contributed by atoms with Crippen LogP contribution in [0.15, 0.2) is 89.3 Å². The third-order valence-corrected chi connectivity index (χ3v) is 6.37. The first kappa shape index (κ1) is 23.5. The molecule has 7 heteroatoms. The minimum atomic E-state index is -0.339. The van der Waals surface area contributed by atoms with Crippen molar-refractivity contribution in [2.24, 2.45) is 0 Å². The number of amides is 2. The molecule has 0 atom stereocenters. The number of hydrogen-bond acceptors (Lipinski definition) is 5. The summed E-state index contributed by atoms with van der Waals surface area (Å²) in [7, 11) is 0. The van der Waals surface area contributed by atoms with E-state index < -0.39 is 0 Å². The highest BCUT2D eigenvalue weighted by Crippen LogP contribution is 2.22. The number of piperazine rings is 1. The molecule has 5 rings (SSSR count). The molecular weight excluding hydrogens is 454 g/mol. The van der Waals surface area contributed by atoms with E-state index in [4.69, 9.17) is 9.15 Å². The van der Waals surface area contributed by atoms with E-state index in [1.807, 2.05) is 59.5 Å². The summed E-state index contributed by atoms with van der Waals surface area (Å²) in [5.41, 5.74) is 1.18. The van der Waals surface area contributed by atoms with E-state index in [1.165, 1.54) is 5.69 Å². The Morgan fingerprint density at radius 2 is 1.58 bits per heavy atom. The van der Waals surface area contributed by atoms with Gasteiger partial charge in [-0.15, -0.1) is 0 Å². The fraction of sp³-hybridized carbons (Fsp3) is 0.241. The second-order valence-electron chi connectivity index (χ2n) is 8.77. The van der Waals surface area contributed by atoms with Crippen LogP contribution in [0.4, 0.5) is 5.69 Å². The zero-order valence-corrected chi connectivity index (χ0v) is 20.1. The molecule has 0 saturated carbocycles. The first-order valence-corrected chi connectivity index (χ1v) is 12.2. The first-order chi connectivity index (χ1) is 17.7. The number of anilines is 1. The van der Waals surface area contributed by atoms with Gasteiger partial charge in [-0.1, -0.05) is 48.5 Å². The molecule has 184 valence electrons. The summed E-state index contributed by atoms with van der Waals surface area (Å²) < 4.78 is 11.5. The zero-order chi connectivity index (χ0) is 24.7. The maximum absolute atomic E-state index is 12.6. The Morgan fingerprint density at radius 1 is 0.833 bits per heavy atom. The van der Waals surface area contributed by atoms with Gasteiger partial charge in [-0.25, -0.2) is 0 Å². The molecule has 4 aromatic rings. The van der Waals surface area contributed by atoms with Gasteiger partial charge in [-0.2, -0.15) is 0 Å². The van der Waals surface area contributed by atoms with Crippen LogP contribution in [-0.2, 0) is 11.4 Å². The lowest BCUT2D eigenvalue weighted by Crippen LogP contribution is -2.49. The van der Waals surface area contributed by atoms with Crippen molar-refractivity contribution < 1.29 is 18.7 Å². The van der Waals surface area contributed by atoms with Gasteiger partial charge in [0.25, 0.3) is 5.91 Å². The minimum absolute atomic E-state index is 0.0481. The minimum Gasteiger partial charge on any atom is -0.486 e. The van der Waals surface area contributed by atoms with Crippen LogP contribution in [0.1, 0.15) is 22.7 Å². The van der Waals surface area contributed by atoms with Crippen molar-refractivity contribution in [1.82, 2.24) is 10.2 Å². The predicted molar refractivity (Wildman–Crippen MR) is 139 cm³/mol. The zero-order valence-electron chi connectivity index (χ0n) is 20.1. The third-order valence-electron chi connectivity index (χ3n) is 6.37. The van der Waals surface area contributed by atoms with Crippen molar-refractivity contribution in [2.45, 2.75) is 13.0 Å². The molecular formula is C29H29N3O4. The number of nitrogens with zero attached hydrogens (tertiary/aromatic N) is 2. The van der Waals surface area contributed by atoms with Crippen molar-refractivity contribution in [3.63, 3.8) is 0 Å². The molecule has 0 unspecified atom stereocenters. The largest absolute Gasteiger partial charge is 0.486 e. The average Bonchev–Trinajstić information content (AvgIpc) is 3.41. The van der Waals surface area contributed by atoms with Gasteiger partial charge in [0.1, 0.15) is 18.1 Å². The normalized spacial score (nSPS) is 13.6. The molecule has 2 amide bonds. The Kier molecular flexibility index (Phi) is 7.17. The molecule has 3 aromatic carbocycles. The van der Waals surface area contributed by atoms with Gasteiger partial charge in [0.15, 0.2) is 5.76 Å². The maximum Gasteiger partial charge on any atom is 0.287 e. The summed E-state index contributed by atoms with van der Waals surface area (Å²) in [6.07, 6.45) is 0.260. The highest BCUT2D eigenvalue weighted by atomic mass is 16.5. The van der Waals surface area contributed by atoms with Crippen molar-refractivity contribution in [3.05, 3.63) is 96.4 Å². The Hall–Kier alpha value is -4.26. The van der Waals surface area contributed by atoms with Crippen LogP contribution in [-0.4, -0.2) is 49.4 Å². The number of para-hydroxylation sites is 1. The van der Waals surface area contributed by atoms with Crippen LogP contribution in [0.25, 0.3) is 10.8 Å². The van der Waals surface area contributed by atoms with Crippen LogP contribution in [0.3, 0.4) is 0 Å². The molecule has 2 heterocycles. The lowest BCUT2D eigenvalue weighted by molar-refractivity contribution is -0.131. The second-order valence-corrected chi connectivity index (χ2v) is 8.77. The Balaban J connectivity index is 1.04. The van der Waals surface area contributed by atoms with Crippen LogP contribution < -0.4 is 15.0 Å². The number of nitrogens with one attached hydrogen (secondary N) is 1. The number of hydrogen-bond donors (Lipinski definition) is 1. The summed E-state index contributed by atoms with van der Waals surface area (Å²) >= 11 is 0. The summed E-state index contributed by atoms with van der Waals surface area (Å²) in [5.74, 6) is 1.21. The monoisotopic (exact) mass is 483 g/mol. The summed E-state index contributed by atoms with van der Waals surface area (Å²) in [6, 6.07) is 27.6. The predicted octanol–water partition coefficient (Wildman–Crippen LogP) is 4.48. The fourth-order valence-electron chi connectivity index (χ4n) is 4.37. The van der Waals surface area contributed by atoms with Crippen LogP contribution >= 0.6 is 0 Å². The first-order valence-electron chi connectivity index (χ1n) is 12.2. The number of carbonyl (C=O) groups excluding carboxylic acids is 2. The van der Waals surface area contributed by atoms with E-state index in [1.54, 1.807) is 12.1 Å². The molecule has 1 aliphatic heterocycles. The lowest BCUT2D eigenvalue weighted by Gasteiger charge is -2.36. The number of furan rings is 1. The molecule has 0 radical (unpaired) electrons. The fourth-order valence-corrected chi connectivity index (χ4v) is 4.37. The van der Waals surface area contributed by atoms with Gasteiger partial charge in [0.2, 0.25) is 5.91 Å². The van der Waals surface area contributed by atoms with Gasteiger partial charge in [0.05, 0.1) is 0 Å². The van der Waals surface area contributed by atoms with Gasteiger partial charge in [-0.05, 0) is 47.2 Å². The van der Waals surface area contributed by atoms with Gasteiger partial charge in [-0.3, -0.25) is 9.59 Å². The van der Waals surface area contributed by atoms with E-state index in [9.17, 15) is 9.59 Å². The Labute approximate surface area is 210 Å². The standard InChI is InChI=1S/C29H29N3O4/c33-28(32-18-16-31(17-19-32)24-8-2-1-3-9-24)14-15-30-29(34)27-13-12-26(36-27)21-35-25-11-10-22-6-4-5-7-23(22)20-25/h1-13,20H,14-19,21H2,(H,30,34). The van der Waals surface area contributed by atoms with E-state index in [0.717, 1.165) is 29.6 Å². The third kappa shape index (κ3) is 5.68. The molecule has 1 fully saturated rings. The Morgan fingerprint density at radius 3 is 2.39 bits per heavy atom. The smallest absolute Gasteiger partial charge is 0.287 e. The number of benzene rings is 3. The Bertz CT molecular complexity index is 1330. The van der Waals surface area contributed by atoms with Crippen LogP contribution in [0, 0.1) is 0 Å². The second kappa shape index (κ2) is 11.0. The summed E-state index contributed by atoms with van der Waals surface area (Å²) in [4.78, 5) is 29.2. The lowest BCUT2D eigenvalue weighted by atomic mass is 10.1. The van der Waals surface area contributed by atoms with E-state index in [0.29, 0.717) is 18.8 Å². The molecule has 1 aliphatic rings. The number of fused-ring (bicyclic) bond motifs is 1. The number of rotatable bonds is 8. The molecule has 36 heavy (non-hydrogen) atoms. The molecule has 0 aliphatic carbocycles. The highest BCUT2D eigenvalue weighted by molar-refractivity contribution is 5.91. The van der Waals surface area contributed by atoms with Crippen molar-refractivity contribution in [2.75, 3.05) is 37.6 Å². The van der Waals surface area contributed by atoms with Gasteiger partial charge >= 0.3 is 0 Å². The molecule has 1 aromatic heterocycles. The molecule has 0 spiro atoms. The van der Waals surface area contributed by atoms with Gasteiger partial charge in [0, 0.05) is 44.8 Å². The molecule has 1 N–H and O–H groups in total. The SMILES string of the molecule is O=C(NCCC(=O)N1CCN(c2ccccc2)CC1)c1ccc(COc2ccc3ccccc3c2)o1. The van der Waals surface area contributed by atoms with E-state index in [2.05, 4.69) is 28.4 Å². The summed E-state index contributed by atoms with van der Waals surface area (Å²) in [5, 5.41) is 5.03. The quantitative estimate of drug-likeness (QED) is 0.400. The van der Waals surface area contributed by atoms with E-state index in [-0.39, 0.29) is 37.1 Å². The molecule has 7 nitrogen and oxygen atoms in total. The van der Waals surface area contributed by atoms with Crippen LogP contribution in [0.5, 0.6) is 5.75 Å². The topological polar surface area (TPSA) is 75.0 Å². The summed E-state index contributed by atoms with van der Waals surface area (Å²) in [6.45, 7) is 3.46. The average molecular weight is 484 g/mol. The highest BCUT2D eigenvalue weighted by Gasteiger charge is 2.21. The molecule has 1 saturated heterocycles. The van der Waals surface area contributed by atoms with Crippen molar-refractivity contribution in [3.8, 4) is 5.75 Å². The number of ether oxygens (including phenoxy) is 1. The van der Waals surface area contributed by atoms with Gasteiger partial charge < -0.3 is 24.3 Å². The molecule has 0 bridgehead atoms. The van der Waals surface area contributed by atoms with Crippen molar-refractivity contribution >= 4 is 28.3 Å². The number of carbonyl (C=O) groups is 2. The van der Waals surface area contributed by atoms with Crippen molar-refractivity contribution in [1.29, 1.82) is 0 Å². The van der Waals surface area contributed by atoms with E-state index >= 15 is 0 Å². The maximum atomic E-state index is 12.6. The van der Waals surface area contributed by atoms with Crippen LogP contribution in [0.2, 0.25) is 0 Å².